The average Bonchev–Trinajstić information content (AvgIpc) is 2.63. The Morgan fingerprint density at radius 1 is 0.833 bits per heavy atom. The van der Waals surface area contributed by atoms with E-state index >= 15 is 0 Å². The summed E-state index contributed by atoms with van der Waals surface area (Å²) in [5.41, 5.74) is 6.05. The number of rotatable bonds is 3. The van der Waals surface area contributed by atoms with E-state index in [-0.39, 0.29) is 11.9 Å². The van der Waals surface area contributed by atoms with Gasteiger partial charge in [0.2, 0.25) is 5.91 Å². The lowest BCUT2D eigenvalue weighted by Crippen LogP contribution is -2.32. The van der Waals surface area contributed by atoms with Crippen molar-refractivity contribution in [3.8, 4) is 11.1 Å². The highest BCUT2D eigenvalue weighted by Crippen LogP contribution is 2.38. The Morgan fingerprint density at radius 3 is 2.33 bits per heavy atom. The lowest BCUT2D eigenvalue weighted by molar-refractivity contribution is -0.121. The number of fused-ring (bicyclic) bond motifs is 3. The number of hydrogen-bond donors (Lipinski definition) is 1. The van der Waals surface area contributed by atoms with E-state index in [9.17, 15) is 4.79 Å². The first-order valence-electron chi connectivity index (χ1n) is 8.32. The van der Waals surface area contributed by atoms with Gasteiger partial charge in [0.15, 0.2) is 0 Å². The summed E-state index contributed by atoms with van der Waals surface area (Å²) in [6.07, 6.45) is 1.26. The van der Waals surface area contributed by atoms with Crippen molar-refractivity contribution >= 4 is 5.91 Å². The van der Waals surface area contributed by atoms with Gasteiger partial charge >= 0.3 is 0 Å². The van der Waals surface area contributed by atoms with Crippen LogP contribution in [-0.2, 0) is 17.6 Å². The minimum Gasteiger partial charge on any atom is -0.349 e. The minimum absolute atomic E-state index is 0.0345. The van der Waals surface area contributed by atoms with E-state index in [1.54, 1.807) is 0 Å². The smallest absolute Gasteiger partial charge is 0.224 e. The Morgan fingerprint density at radius 2 is 1.50 bits per heavy atom. The molecule has 24 heavy (non-hydrogen) atoms. The monoisotopic (exact) mass is 313 g/mol. The summed E-state index contributed by atoms with van der Waals surface area (Å²) in [7, 11) is 0. The zero-order valence-corrected chi connectivity index (χ0v) is 13.4. The van der Waals surface area contributed by atoms with Gasteiger partial charge in [0.05, 0.1) is 12.5 Å². The maximum Gasteiger partial charge on any atom is 0.224 e. The molecule has 0 aromatic heterocycles. The van der Waals surface area contributed by atoms with Crippen molar-refractivity contribution in [2.45, 2.75) is 18.9 Å². The fraction of sp³-hybridized carbons (Fsp3) is 0.136. The van der Waals surface area contributed by atoms with Gasteiger partial charge in [-0.3, -0.25) is 4.79 Å². The Bertz CT molecular complexity index is 870. The molecule has 0 bridgehead atoms. The van der Waals surface area contributed by atoms with Gasteiger partial charge in [-0.2, -0.15) is 0 Å². The van der Waals surface area contributed by atoms with Gasteiger partial charge in [0.1, 0.15) is 0 Å². The number of amides is 1. The number of hydrogen-bond acceptors (Lipinski definition) is 1. The van der Waals surface area contributed by atoms with E-state index in [1.165, 1.54) is 22.3 Å². The van der Waals surface area contributed by atoms with E-state index in [4.69, 9.17) is 0 Å². The van der Waals surface area contributed by atoms with Crippen LogP contribution in [0.15, 0.2) is 78.9 Å². The molecule has 3 aromatic rings. The van der Waals surface area contributed by atoms with Crippen molar-refractivity contribution < 1.29 is 4.79 Å². The summed E-state index contributed by atoms with van der Waals surface area (Å²) in [6.45, 7) is 0. The van der Waals surface area contributed by atoms with Crippen LogP contribution in [-0.4, -0.2) is 5.91 Å². The van der Waals surface area contributed by atoms with Crippen LogP contribution in [0.2, 0.25) is 0 Å². The lowest BCUT2D eigenvalue weighted by atomic mass is 9.82. The summed E-state index contributed by atoms with van der Waals surface area (Å²) in [6, 6.07) is 26.7. The molecule has 2 nitrogen and oxygen atoms in total. The molecule has 3 aromatic carbocycles. The van der Waals surface area contributed by atoms with Crippen LogP contribution in [0.1, 0.15) is 22.7 Å². The number of carbonyl (C=O) groups is 1. The molecule has 4 rings (SSSR count). The van der Waals surface area contributed by atoms with E-state index in [2.05, 4.69) is 47.8 Å². The average molecular weight is 313 g/mol. The summed E-state index contributed by atoms with van der Waals surface area (Å²) in [5.74, 6) is 0.0698. The third-order valence-electron chi connectivity index (χ3n) is 4.61. The van der Waals surface area contributed by atoms with Crippen LogP contribution in [0.5, 0.6) is 0 Å². The third kappa shape index (κ3) is 2.83. The molecule has 1 N–H and O–H groups in total. The summed E-state index contributed by atoms with van der Waals surface area (Å²) in [4.78, 5) is 12.5. The molecule has 0 saturated heterocycles. The second-order valence-electron chi connectivity index (χ2n) is 6.23. The maximum atomic E-state index is 12.5. The number of nitrogens with one attached hydrogen (secondary N) is 1. The molecule has 0 unspecified atom stereocenters. The third-order valence-corrected chi connectivity index (χ3v) is 4.61. The van der Waals surface area contributed by atoms with Crippen LogP contribution in [0, 0.1) is 0 Å². The van der Waals surface area contributed by atoms with Crippen molar-refractivity contribution in [3.63, 3.8) is 0 Å². The van der Waals surface area contributed by atoms with Gasteiger partial charge < -0.3 is 5.32 Å². The van der Waals surface area contributed by atoms with Crippen LogP contribution >= 0.6 is 0 Å². The zero-order chi connectivity index (χ0) is 16.4. The summed E-state index contributed by atoms with van der Waals surface area (Å²) < 4.78 is 0. The molecule has 2 heteroatoms. The van der Waals surface area contributed by atoms with E-state index in [0.29, 0.717) is 6.42 Å². The standard InChI is InChI=1S/C22H19NO/c24-22(14-16-8-2-1-3-9-16)23-21-15-17-10-4-5-11-18(17)19-12-6-7-13-20(19)21/h1-13,21H,14-15H2,(H,23,24)/t21-/m0/s1. The molecule has 1 aliphatic rings. The van der Waals surface area contributed by atoms with Crippen molar-refractivity contribution in [2.24, 2.45) is 0 Å². The molecule has 1 atom stereocenters. The van der Waals surface area contributed by atoms with Crippen LogP contribution < -0.4 is 5.32 Å². The molecular formula is C22H19NO. The van der Waals surface area contributed by atoms with E-state index in [1.807, 2.05) is 36.4 Å². The summed E-state index contributed by atoms with van der Waals surface area (Å²) in [5, 5.41) is 3.23. The van der Waals surface area contributed by atoms with Gasteiger partial charge in [-0.1, -0.05) is 78.9 Å². The largest absolute Gasteiger partial charge is 0.349 e. The minimum atomic E-state index is 0.0345. The fourth-order valence-corrected chi connectivity index (χ4v) is 3.49. The molecule has 0 radical (unpaired) electrons. The predicted molar refractivity (Wildman–Crippen MR) is 96.6 cm³/mol. The molecule has 0 heterocycles. The SMILES string of the molecule is O=C(Cc1ccccc1)N[C@H]1Cc2ccccc2-c2ccccc21. The lowest BCUT2D eigenvalue weighted by Gasteiger charge is -2.28. The van der Waals surface area contributed by atoms with E-state index in [0.717, 1.165) is 12.0 Å². The number of carbonyl (C=O) groups excluding carboxylic acids is 1. The molecule has 1 aliphatic carbocycles. The van der Waals surface area contributed by atoms with Crippen molar-refractivity contribution in [1.82, 2.24) is 5.32 Å². The Balaban J connectivity index is 1.59. The molecule has 1 amide bonds. The molecule has 118 valence electrons. The first-order valence-corrected chi connectivity index (χ1v) is 8.32. The molecular weight excluding hydrogens is 294 g/mol. The zero-order valence-electron chi connectivity index (χ0n) is 13.4. The Kier molecular flexibility index (Phi) is 3.87. The quantitative estimate of drug-likeness (QED) is 0.767. The summed E-state index contributed by atoms with van der Waals surface area (Å²) >= 11 is 0. The van der Waals surface area contributed by atoms with Crippen molar-refractivity contribution in [2.75, 3.05) is 0 Å². The normalized spacial score (nSPS) is 15.2. The van der Waals surface area contributed by atoms with Gasteiger partial charge in [0.25, 0.3) is 0 Å². The maximum absolute atomic E-state index is 12.5. The Labute approximate surface area is 142 Å². The van der Waals surface area contributed by atoms with Crippen molar-refractivity contribution in [3.05, 3.63) is 95.6 Å². The molecule has 0 saturated carbocycles. The highest BCUT2D eigenvalue weighted by molar-refractivity contribution is 5.81. The van der Waals surface area contributed by atoms with Gasteiger partial charge in [-0.25, -0.2) is 0 Å². The van der Waals surface area contributed by atoms with Gasteiger partial charge in [-0.15, -0.1) is 0 Å². The second kappa shape index (κ2) is 6.32. The topological polar surface area (TPSA) is 29.1 Å². The molecule has 0 spiro atoms. The second-order valence-corrected chi connectivity index (χ2v) is 6.23. The van der Waals surface area contributed by atoms with Gasteiger partial charge in [-0.05, 0) is 34.2 Å². The Hall–Kier alpha value is -2.87. The van der Waals surface area contributed by atoms with Crippen LogP contribution in [0.4, 0.5) is 0 Å². The predicted octanol–water partition coefficient (Wildman–Crippen LogP) is 4.31. The fourth-order valence-electron chi connectivity index (χ4n) is 3.49. The first-order chi connectivity index (χ1) is 11.8. The van der Waals surface area contributed by atoms with Crippen LogP contribution in [0.25, 0.3) is 11.1 Å². The van der Waals surface area contributed by atoms with E-state index < -0.39 is 0 Å². The van der Waals surface area contributed by atoms with Crippen LogP contribution in [0.3, 0.4) is 0 Å². The highest BCUT2D eigenvalue weighted by atomic mass is 16.1. The number of benzene rings is 3. The van der Waals surface area contributed by atoms with Gasteiger partial charge in [0, 0.05) is 0 Å². The highest BCUT2D eigenvalue weighted by Gasteiger charge is 2.25. The first kappa shape index (κ1) is 14.7. The molecule has 0 fully saturated rings. The van der Waals surface area contributed by atoms with Crippen molar-refractivity contribution in [1.29, 1.82) is 0 Å². The molecule has 0 aliphatic heterocycles.